The molecule has 1 aliphatic carbocycles. The molecule has 0 unspecified atom stereocenters. The Kier molecular flexibility index (Phi) is 8.87. The highest BCUT2D eigenvalue weighted by atomic mass is 35.5. The van der Waals surface area contributed by atoms with Gasteiger partial charge >= 0.3 is 6.18 Å². The summed E-state index contributed by atoms with van der Waals surface area (Å²) in [6, 6.07) is 4.53. The number of hydrogen-bond donors (Lipinski definition) is 3. The van der Waals surface area contributed by atoms with Crippen molar-refractivity contribution in [2.75, 3.05) is 44.6 Å². The van der Waals surface area contributed by atoms with Crippen LogP contribution in [0.3, 0.4) is 0 Å². The number of carbonyl (C=O) groups excluding carboxylic acids is 3. The molecule has 45 heavy (non-hydrogen) atoms. The summed E-state index contributed by atoms with van der Waals surface area (Å²) in [6.07, 6.45) is 1.63. The maximum atomic E-state index is 13.6. The number of hydrogen-bond acceptors (Lipinski definition) is 6. The number of alkyl halides is 3. The second kappa shape index (κ2) is 12.8. The minimum absolute atomic E-state index is 0.000539. The van der Waals surface area contributed by atoms with Gasteiger partial charge in [0.1, 0.15) is 0 Å². The summed E-state index contributed by atoms with van der Waals surface area (Å²) in [5.41, 5.74) is -0.0253. The van der Waals surface area contributed by atoms with Crippen molar-refractivity contribution in [3.8, 4) is 0 Å². The fourth-order valence-corrected chi connectivity index (χ4v) is 6.10. The Labute approximate surface area is 262 Å². The summed E-state index contributed by atoms with van der Waals surface area (Å²) in [5.74, 6) is -0.429. The highest BCUT2D eigenvalue weighted by molar-refractivity contribution is 6.34. The monoisotopic (exact) mass is 646 g/mol. The second-order valence-electron chi connectivity index (χ2n) is 11.9. The van der Waals surface area contributed by atoms with Gasteiger partial charge in [-0.15, -0.1) is 0 Å². The number of H-pyrrole nitrogens is 1. The number of aromatic nitrogens is 4. The molecular formula is C30H34ClF3N8O3. The van der Waals surface area contributed by atoms with E-state index in [2.05, 4.69) is 25.7 Å². The third-order valence-corrected chi connectivity index (χ3v) is 8.81. The van der Waals surface area contributed by atoms with Crippen LogP contribution in [0.4, 0.5) is 18.9 Å². The average Bonchev–Trinajstić information content (AvgIpc) is 3.54. The molecule has 3 aromatic rings. The summed E-state index contributed by atoms with van der Waals surface area (Å²) in [6.45, 7) is 3.85. The van der Waals surface area contributed by atoms with Crippen molar-refractivity contribution >= 4 is 35.0 Å². The summed E-state index contributed by atoms with van der Waals surface area (Å²) in [4.78, 5) is 49.2. The van der Waals surface area contributed by atoms with Crippen LogP contribution in [0.5, 0.6) is 0 Å². The van der Waals surface area contributed by atoms with Crippen molar-refractivity contribution in [2.24, 2.45) is 11.8 Å². The first-order chi connectivity index (χ1) is 21.5. The lowest BCUT2D eigenvalue weighted by molar-refractivity contribution is -0.142. The molecule has 0 spiro atoms. The predicted molar refractivity (Wildman–Crippen MR) is 159 cm³/mol. The molecule has 0 radical (unpaired) electrons. The van der Waals surface area contributed by atoms with Gasteiger partial charge in [0.25, 0.3) is 11.8 Å². The smallest absolute Gasteiger partial charge is 0.339 e. The van der Waals surface area contributed by atoms with Crippen molar-refractivity contribution in [2.45, 2.75) is 44.8 Å². The van der Waals surface area contributed by atoms with E-state index >= 15 is 0 Å². The number of benzene rings is 1. The largest absolute Gasteiger partial charge is 0.435 e. The Morgan fingerprint density at radius 3 is 2.40 bits per heavy atom. The van der Waals surface area contributed by atoms with E-state index in [0.29, 0.717) is 50.0 Å². The zero-order valence-electron chi connectivity index (χ0n) is 24.5. The molecule has 0 bridgehead atoms. The molecule has 11 nitrogen and oxygen atoms in total. The molecule has 1 aromatic carbocycles. The van der Waals surface area contributed by atoms with Gasteiger partial charge in [0.2, 0.25) is 5.91 Å². The van der Waals surface area contributed by atoms with E-state index in [1.807, 2.05) is 4.90 Å². The van der Waals surface area contributed by atoms with Crippen molar-refractivity contribution in [3.05, 3.63) is 64.0 Å². The van der Waals surface area contributed by atoms with Gasteiger partial charge in [-0.2, -0.15) is 18.3 Å². The van der Waals surface area contributed by atoms with Gasteiger partial charge in [-0.3, -0.25) is 19.1 Å². The van der Waals surface area contributed by atoms with E-state index < -0.39 is 17.8 Å². The van der Waals surface area contributed by atoms with Crippen molar-refractivity contribution in [1.82, 2.24) is 34.9 Å². The molecule has 3 aliphatic rings. The molecule has 15 heteroatoms. The second-order valence-corrected chi connectivity index (χ2v) is 12.3. The van der Waals surface area contributed by atoms with E-state index in [-0.39, 0.29) is 46.1 Å². The molecular weight excluding hydrogens is 613 g/mol. The summed E-state index contributed by atoms with van der Waals surface area (Å²) < 4.78 is 42.1. The Balaban J connectivity index is 1.04. The number of piperidine rings is 1. The zero-order chi connectivity index (χ0) is 31.7. The topological polar surface area (TPSA) is 128 Å². The normalized spacial score (nSPS) is 17.9. The Morgan fingerprint density at radius 1 is 1.02 bits per heavy atom. The molecule has 3 fully saturated rings. The van der Waals surface area contributed by atoms with Crippen molar-refractivity contribution < 1.29 is 27.6 Å². The first kappa shape index (κ1) is 31.1. The number of rotatable bonds is 8. The van der Waals surface area contributed by atoms with Gasteiger partial charge < -0.3 is 25.4 Å². The number of carbonyl (C=O) groups is 3. The van der Waals surface area contributed by atoms with Crippen LogP contribution in [0.1, 0.15) is 63.6 Å². The molecule has 1 saturated carbocycles. The lowest BCUT2D eigenvalue weighted by atomic mass is 9.96. The third kappa shape index (κ3) is 7.33. The number of nitrogens with one attached hydrogen (secondary N) is 3. The zero-order valence-corrected chi connectivity index (χ0v) is 25.3. The van der Waals surface area contributed by atoms with Gasteiger partial charge in [0, 0.05) is 74.4 Å². The van der Waals surface area contributed by atoms with Crippen LogP contribution in [0.15, 0.2) is 30.6 Å². The third-order valence-electron chi connectivity index (χ3n) is 8.50. The number of halogens is 4. The molecule has 3 amide bonds. The number of aromatic amines is 1. The minimum Gasteiger partial charge on any atom is -0.339 e. The maximum Gasteiger partial charge on any atom is 0.435 e. The van der Waals surface area contributed by atoms with Gasteiger partial charge in [0.05, 0.1) is 10.6 Å². The Morgan fingerprint density at radius 2 is 1.73 bits per heavy atom. The summed E-state index contributed by atoms with van der Waals surface area (Å²) in [5, 5.41) is 9.83. The molecule has 3 N–H and O–H groups in total. The number of anilines is 1. The minimum atomic E-state index is -4.60. The fraction of sp³-hybridized carbons (Fsp3) is 0.500. The van der Waals surface area contributed by atoms with Gasteiger partial charge in [-0.1, -0.05) is 11.6 Å². The van der Waals surface area contributed by atoms with Crippen LogP contribution in [0.2, 0.25) is 5.02 Å². The van der Waals surface area contributed by atoms with E-state index in [4.69, 9.17) is 11.6 Å². The van der Waals surface area contributed by atoms with E-state index in [1.165, 1.54) is 29.2 Å². The van der Waals surface area contributed by atoms with Gasteiger partial charge in [-0.05, 0) is 62.9 Å². The number of piperazine rings is 1. The standard InChI is InChI=1S/C30H34ClF3N8O3/c31-24-14-21(3-4-23(24)29(45)41-11-9-40(10-12-41)28(44)19-5-7-35-8-6-19)38-27(43)26-36-15-22(37-26)13-20-17-42(16-18-1-2-18)39-25(20)30(32,33)34/h3-4,14-15,17-19,35H,1-2,5-13,16H2,(H,36,37)(H,38,43). The Bertz CT molecular complexity index is 1570. The highest BCUT2D eigenvalue weighted by Crippen LogP contribution is 2.34. The summed E-state index contributed by atoms with van der Waals surface area (Å²) >= 11 is 6.44. The quantitative estimate of drug-likeness (QED) is 0.342. The first-order valence-electron chi connectivity index (χ1n) is 15.1. The van der Waals surface area contributed by atoms with Gasteiger partial charge in [-0.25, -0.2) is 4.98 Å². The highest BCUT2D eigenvalue weighted by Gasteiger charge is 2.38. The van der Waals surface area contributed by atoms with E-state index in [0.717, 1.165) is 38.8 Å². The number of amides is 3. The molecule has 6 rings (SSSR count). The van der Waals surface area contributed by atoms with Crippen molar-refractivity contribution in [1.29, 1.82) is 0 Å². The lowest BCUT2D eigenvalue weighted by Gasteiger charge is -2.37. The first-order valence-corrected chi connectivity index (χ1v) is 15.5. The number of imidazole rings is 1. The fourth-order valence-electron chi connectivity index (χ4n) is 5.84. The molecule has 2 aliphatic heterocycles. The molecule has 2 saturated heterocycles. The van der Waals surface area contributed by atoms with E-state index in [1.54, 1.807) is 11.0 Å². The van der Waals surface area contributed by atoms with Crippen LogP contribution in [-0.4, -0.2) is 86.5 Å². The number of nitrogens with zero attached hydrogens (tertiary/aromatic N) is 5. The Hall–Kier alpha value is -3.91. The average molecular weight is 647 g/mol. The van der Waals surface area contributed by atoms with Crippen molar-refractivity contribution in [3.63, 3.8) is 0 Å². The molecule has 240 valence electrons. The SMILES string of the molecule is O=C(Nc1ccc(C(=O)N2CCN(C(=O)C3CCNCC3)CC2)c(Cl)c1)c1ncc(Cc2cn(CC3CC3)nc2C(F)(F)F)[nH]1. The van der Waals surface area contributed by atoms with Crippen LogP contribution < -0.4 is 10.6 Å². The van der Waals surface area contributed by atoms with Crippen LogP contribution in [0, 0.1) is 11.8 Å². The lowest BCUT2D eigenvalue weighted by Crippen LogP contribution is -2.52. The maximum absolute atomic E-state index is 13.6. The van der Waals surface area contributed by atoms with Crippen LogP contribution in [-0.2, 0) is 23.9 Å². The molecule has 2 aromatic heterocycles. The van der Waals surface area contributed by atoms with Crippen LogP contribution in [0.25, 0.3) is 0 Å². The molecule has 0 atom stereocenters. The van der Waals surface area contributed by atoms with Crippen LogP contribution >= 0.6 is 11.6 Å². The predicted octanol–water partition coefficient (Wildman–Crippen LogP) is 3.82. The molecule has 4 heterocycles. The van der Waals surface area contributed by atoms with E-state index in [9.17, 15) is 27.6 Å². The van der Waals surface area contributed by atoms with Gasteiger partial charge in [0.15, 0.2) is 11.5 Å². The summed E-state index contributed by atoms with van der Waals surface area (Å²) in [7, 11) is 0.